The van der Waals surface area contributed by atoms with Crippen LogP contribution in [0.4, 0.5) is 0 Å². The Hall–Kier alpha value is -0.220. The molecule has 0 atom stereocenters. The monoisotopic (exact) mass is 285 g/mol. The van der Waals surface area contributed by atoms with Crippen LogP contribution in [0, 0.1) is 5.92 Å². The van der Waals surface area contributed by atoms with Gasteiger partial charge in [-0.05, 0) is 12.8 Å². The van der Waals surface area contributed by atoms with Crippen LogP contribution in [0.5, 0.6) is 0 Å². The number of carbonyl (C=O) groups is 1. The molecule has 110 valence electrons. The van der Waals surface area contributed by atoms with Gasteiger partial charge in [0.1, 0.15) is 4.93 Å². The van der Waals surface area contributed by atoms with E-state index >= 15 is 0 Å². The van der Waals surface area contributed by atoms with E-state index in [1.165, 1.54) is 0 Å². The fourth-order valence-electron chi connectivity index (χ4n) is 3.20. The van der Waals surface area contributed by atoms with E-state index in [1.54, 1.807) is 0 Å². The molecule has 0 aliphatic carbocycles. The smallest absolute Gasteiger partial charge is 0.225 e. The van der Waals surface area contributed by atoms with Gasteiger partial charge in [-0.1, -0.05) is 26.7 Å². The van der Waals surface area contributed by atoms with Crippen molar-refractivity contribution in [1.82, 2.24) is 4.90 Å². The number of amides is 1. The van der Waals surface area contributed by atoms with Gasteiger partial charge in [-0.2, -0.15) is 0 Å². The highest BCUT2D eigenvalue weighted by molar-refractivity contribution is 8.00. The first-order chi connectivity index (χ1) is 9.21. The number of hydrogen-bond acceptors (Lipinski definition) is 3. The molecule has 3 nitrogen and oxygen atoms in total. The Morgan fingerprint density at radius 1 is 1.26 bits per heavy atom. The molecular weight excluding hydrogens is 258 g/mol. The maximum Gasteiger partial charge on any atom is 0.225 e. The van der Waals surface area contributed by atoms with Gasteiger partial charge in [-0.3, -0.25) is 4.79 Å². The van der Waals surface area contributed by atoms with Crippen LogP contribution in [-0.4, -0.2) is 41.2 Å². The number of nitrogens with zero attached hydrogens (tertiary/aromatic N) is 1. The van der Waals surface area contributed by atoms with Crippen molar-refractivity contribution in [3.05, 3.63) is 0 Å². The minimum atomic E-state index is 0.0434. The number of ether oxygens (including phenoxy) is 1. The Morgan fingerprint density at radius 2 is 1.89 bits per heavy atom. The van der Waals surface area contributed by atoms with Crippen LogP contribution in [0.1, 0.15) is 52.4 Å². The van der Waals surface area contributed by atoms with Crippen molar-refractivity contribution in [3.8, 4) is 0 Å². The van der Waals surface area contributed by atoms with E-state index in [0.717, 1.165) is 64.0 Å². The third-order valence-electron chi connectivity index (χ3n) is 4.27. The Bertz CT molecular complexity index is 287. The van der Waals surface area contributed by atoms with Crippen LogP contribution in [0.3, 0.4) is 0 Å². The summed E-state index contributed by atoms with van der Waals surface area (Å²) in [5.74, 6) is 1.75. The van der Waals surface area contributed by atoms with E-state index in [1.807, 2.05) is 11.8 Å². The molecule has 4 heteroatoms. The van der Waals surface area contributed by atoms with E-state index in [2.05, 4.69) is 18.7 Å². The number of likely N-dealkylation sites (tertiary alicyclic amines) is 1. The topological polar surface area (TPSA) is 29.5 Å². The summed E-state index contributed by atoms with van der Waals surface area (Å²) in [5, 5.41) is 0. The normalized spacial score (nSPS) is 22.4. The van der Waals surface area contributed by atoms with Crippen molar-refractivity contribution in [2.24, 2.45) is 5.92 Å². The maximum atomic E-state index is 12.6. The molecule has 2 heterocycles. The molecule has 0 unspecified atom stereocenters. The summed E-state index contributed by atoms with van der Waals surface area (Å²) in [6, 6.07) is 0. The Labute approximate surface area is 121 Å². The van der Waals surface area contributed by atoms with Crippen LogP contribution < -0.4 is 0 Å². The lowest BCUT2D eigenvalue weighted by molar-refractivity contribution is -0.139. The van der Waals surface area contributed by atoms with Crippen molar-refractivity contribution in [3.63, 3.8) is 0 Å². The van der Waals surface area contributed by atoms with Gasteiger partial charge in [-0.25, -0.2) is 0 Å². The first-order valence-electron chi connectivity index (χ1n) is 7.77. The second-order valence-electron chi connectivity index (χ2n) is 5.71. The van der Waals surface area contributed by atoms with Gasteiger partial charge in [0.25, 0.3) is 0 Å². The summed E-state index contributed by atoms with van der Waals surface area (Å²) >= 11 is 1.95. The summed E-state index contributed by atoms with van der Waals surface area (Å²) in [5.41, 5.74) is 0. The molecule has 1 spiro atoms. The first-order valence-corrected chi connectivity index (χ1v) is 8.76. The van der Waals surface area contributed by atoms with Crippen LogP contribution in [-0.2, 0) is 9.53 Å². The van der Waals surface area contributed by atoms with Gasteiger partial charge >= 0.3 is 0 Å². The van der Waals surface area contributed by atoms with Gasteiger partial charge in [0.2, 0.25) is 5.91 Å². The molecule has 2 saturated heterocycles. The van der Waals surface area contributed by atoms with Crippen molar-refractivity contribution >= 4 is 17.7 Å². The van der Waals surface area contributed by atoms with E-state index in [-0.39, 0.29) is 10.9 Å². The second kappa shape index (κ2) is 6.98. The van der Waals surface area contributed by atoms with E-state index in [9.17, 15) is 4.79 Å². The lowest BCUT2D eigenvalue weighted by atomic mass is 9.95. The van der Waals surface area contributed by atoms with E-state index in [0.29, 0.717) is 5.91 Å². The third kappa shape index (κ3) is 3.66. The highest BCUT2D eigenvalue weighted by Crippen LogP contribution is 2.41. The van der Waals surface area contributed by atoms with Gasteiger partial charge in [0.15, 0.2) is 0 Å². The number of thioether (sulfide) groups is 1. The average molecular weight is 285 g/mol. The van der Waals surface area contributed by atoms with Crippen LogP contribution in [0.15, 0.2) is 0 Å². The molecule has 0 aromatic rings. The Kier molecular flexibility index (Phi) is 5.58. The minimum absolute atomic E-state index is 0.0434. The molecule has 0 aromatic carbocycles. The summed E-state index contributed by atoms with van der Waals surface area (Å²) in [7, 11) is 0. The number of piperidine rings is 1. The summed E-state index contributed by atoms with van der Waals surface area (Å²) in [6.45, 7) is 6.99. The molecule has 19 heavy (non-hydrogen) atoms. The summed E-state index contributed by atoms with van der Waals surface area (Å²) in [6.07, 6.45) is 6.31. The Morgan fingerprint density at radius 3 is 2.37 bits per heavy atom. The molecule has 2 rings (SSSR count). The zero-order chi connectivity index (χ0) is 13.7. The molecule has 2 aliphatic rings. The Balaban J connectivity index is 1.86. The lowest BCUT2D eigenvalue weighted by Gasteiger charge is -2.39. The SMILES string of the molecule is CCCC(CCC)C(=O)N1CCC2(CC1)OCCS2. The van der Waals surface area contributed by atoms with Crippen molar-refractivity contribution in [1.29, 1.82) is 0 Å². The predicted molar refractivity (Wildman–Crippen MR) is 80.3 cm³/mol. The molecular formula is C15H27NO2S. The molecule has 0 saturated carbocycles. The molecule has 0 radical (unpaired) electrons. The highest BCUT2D eigenvalue weighted by Gasteiger charge is 2.40. The average Bonchev–Trinajstić information content (AvgIpc) is 2.87. The van der Waals surface area contributed by atoms with Crippen LogP contribution in [0.2, 0.25) is 0 Å². The number of hydrogen-bond donors (Lipinski definition) is 0. The first kappa shape index (κ1) is 15.2. The van der Waals surface area contributed by atoms with Crippen molar-refractivity contribution in [2.75, 3.05) is 25.4 Å². The minimum Gasteiger partial charge on any atom is -0.363 e. The standard InChI is InChI=1S/C15H27NO2S/c1-3-5-13(6-4-2)14(17)16-9-7-15(8-10-16)18-11-12-19-15/h13H,3-12H2,1-2H3. The number of rotatable bonds is 5. The van der Waals surface area contributed by atoms with E-state index < -0.39 is 0 Å². The molecule has 2 aliphatic heterocycles. The molecule has 0 aromatic heterocycles. The zero-order valence-corrected chi connectivity index (χ0v) is 13.1. The van der Waals surface area contributed by atoms with Gasteiger partial charge in [0.05, 0.1) is 6.61 Å². The quantitative estimate of drug-likeness (QED) is 0.776. The molecule has 1 amide bonds. The van der Waals surface area contributed by atoms with Gasteiger partial charge in [0, 0.05) is 37.6 Å². The van der Waals surface area contributed by atoms with E-state index in [4.69, 9.17) is 4.74 Å². The number of carbonyl (C=O) groups excluding carboxylic acids is 1. The fourth-order valence-corrected chi connectivity index (χ4v) is 4.38. The van der Waals surface area contributed by atoms with Crippen molar-refractivity contribution in [2.45, 2.75) is 57.3 Å². The molecule has 2 fully saturated rings. The molecule has 0 N–H and O–H groups in total. The van der Waals surface area contributed by atoms with Crippen molar-refractivity contribution < 1.29 is 9.53 Å². The molecule has 0 bridgehead atoms. The highest BCUT2D eigenvalue weighted by atomic mass is 32.2. The van der Waals surface area contributed by atoms with Crippen LogP contribution in [0.25, 0.3) is 0 Å². The predicted octanol–water partition coefficient (Wildman–Crippen LogP) is 3.28. The zero-order valence-electron chi connectivity index (χ0n) is 12.3. The lowest BCUT2D eigenvalue weighted by Crippen LogP contribution is -2.47. The summed E-state index contributed by atoms with van der Waals surface area (Å²) < 4.78 is 5.89. The third-order valence-corrected chi connectivity index (χ3v) is 5.70. The second-order valence-corrected chi connectivity index (χ2v) is 7.15. The van der Waals surface area contributed by atoms with Crippen LogP contribution >= 0.6 is 11.8 Å². The van der Waals surface area contributed by atoms with Gasteiger partial charge in [-0.15, -0.1) is 11.8 Å². The largest absolute Gasteiger partial charge is 0.363 e. The van der Waals surface area contributed by atoms with Gasteiger partial charge < -0.3 is 9.64 Å². The summed E-state index contributed by atoms with van der Waals surface area (Å²) in [4.78, 5) is 14.7. The maximum absolute atomic E-state index is 12.6. The fraction of sp³-hybridized carbons (Fsp3) is 0.933.